The number of piperidine rings is 2. The van der Waals surface area contributed by atoms with Gasteiger partial charge in [-0.2, -0.15) is 0 Å². The molecule has 0 saturated carbocycles. The van der Waals surface area contributed by atoms with Crippen molar-refractivity contribution < 1.29 is 36.0 Å². The summed E-state index contributed by atoms with van der Waals surface area (Å²) >= 11 is 0. The number of nitrogens with one attached hydrogen (secondary N) is 4. The lowest BCUT2D eigenvalue weighted by atomic mass is 9.90. The second-order valence-electron chi connectivity index (χ2n) is 15.8. The zero-order valence-electron chi connectivity index (χ0n) is 35.2. The lowest BCUT2D eigenvalue weighted by Gasteiger charge is -2.38. The topological polar surface area (TPSA) is 295 Å². The first kappa shape index (κ1) is 46.6. The molecule has 0 unspecified atom stereocenters. The van der Waals surface area contributed by atoms with E-state index in [1.54, 1.807) is 60.0 Å². The number of sulfonamides is 2. The Hall–Kier alpha value is -6.42. The van der Waals surface area contributed by atoms with Crippen LogP contribution in [0.3, 0.4) is 0 Å². The average molecular weight is 893 g/mol. The first-order valence-corrected chi connectivity index (χ1v) is 23.4. The number of carbonyl (C=O) groups excluding carboxylic acids is 4. The van der Waals surface area contributed by atoms with Gasteiger partial charge in [0.25, 0.3) is 0 Å². The number of aryl methyl sites for hydroxylation is 2. The number of nitrogens with two attached hydrogens (primary N) is 2. The van der Waals surface area contributed by atoms with Crippen molar-refractivity contribution in [2.24, 2.45) is 11.8 Å². The van der Waals surface area contributed by atoms with E-state index in [2.05, 4.69) is 40.0 Å². The third kappa shape index (κ3) is 12.8. The molecule has 2 fully saturated rings. The smallest absolute Gasteiger partial charge is 0.313 e. The van der Waals surface area contributed by atoms with Crippen molar-refractivity contribution in [1.82, 2.24) is 29.7 Å². The summed E-state index contributed by atoms with van der Waals surface area (Å²) in [6.45, 7) is 8.44. The molecule has 2 saturated heterocycles. The number of nitrogen functional groups attached to an aromatic ring is 2. The van der Waals surface area contributed by atoms with Crippen LogP contribution in [-0.2, 0) is 39.2 Å². The van der Waals surface area contributed by atoms with Gasteiger partial charge < -0.3 is 31.9 Å². The highest BCUT2D eigenvalue weighted by Crippen LogP contribution is 2.35. The normalized spacial score (nSPS) is 19.0. The Kier molecular flexibility index (Phi) is 14.7. The van der Waals surface area contributed by atoms with Crippen LogP contribution in [0.1, 0.15) is 73.9 Å². The van der Waals surface area contributed by atoms with Gasteiger partial charge in [0.1, 0.15) is 23.3 Å². The molecule has 332 valence electrons. The SMILES string of the molecule is Cc1cc(NC(=O)C(=O)N2C[C@@H](C)CC[C@@H]2c2ccc(NS(C)(=O)=O)nc2)cnc1N.Cc1cc(NC(=O)C(=O)N2C[C@H](C)CC[C@H]2c2ccc(NS(C)(=O)=O)nc2)cnc1N. The number of rotatable bonds is 8. The molecule has 4 aromatic rings. The number of aromatic nitrogens is 4. The Labute approximate surface area is 360 Å². The molecule has 0 spiro atoms. The van der Waals surface area contributed by atoms with Gasteiger partial charge in [0, 0.05) is 25.5 Å². The molecular formula is C40H52N12O8S2. The maximum Gasteiger partial charge on any atom is 0.313 e. The van der Waals surface area contributed by atoms with Crippen LogP contribution in [0, 0.1) is 25.7 Å². The molecule has 0 bridgehead atoms. The number of hydrogen-bond acceptors (Lipinski definition) is 14. The van der Waals surface area contributed by atoms with Crippen LogP contribution in [0.2, 0.25) is 0 Å². The van der Waals surface area contributed by atoms with Gasteiger partial charge in [0.05, 0.1) is 48.4 Å². The van der Waals surface area contributed by atoms with E-state index in [1.807, 2.05) is 13.8 Å². The first-order valence-electron chi connectivity index (χ1n) is 19.6. The fourth-order valence-electron chi connectivity index (χ4n) is 7.09. The summed E-state index contributed by atoms with van der Waals surface area (Å²) in [5.74, 6) is -1.23. The maximum atomic E-state index is 13.0. The van der Waals surface area contributed by atoms with Gasteiger partial charge in [0.15, 0.2) is 0 Å². The number of amides is 4. The minimum absolute atomic E-state index is 0.192. The van der Waals surface area contributed by atoms with E-state index in [9.17, 15) is 36.0 Å². The fourth-order valence-corrected chi connectivity index (χ4v) is 8.09. The number of pyridine rings is 4. The third-order valence-corrected chi connectivity index (χ3v) is 11.4. The minimum Gasteiger partial charge on any atom is -0.383 e. The van der Waals surface area contributed by atoms with Crippen molar-refractivity contribution in [1.29, 1.82) is 0 Å². The number of anilines is 6. The maximum absolute atomic E-state index is 13.0. The van der Waals surface area contributed by atoms with Crippen LogP contribution in [0.25, 0.3) is 0 Å². The molecule has 62 heavy (non-hydrogen) atoms. The second kappa shape index (κ2) is 19.5. The number of likely N-dealkylation sites (tertiary alicyclic amines) is 2. The summed E-state index contributed by atoms with van der Waals surface area (Å²) in [6.07, 6.45) is 11.1. The molecule has 20 nitrogen and oxygen atoms in total. The predicted octanol–water partition coefficient (Wildman–Crippen LogP) is 3.35. The predicted molar refractivity (Wildman–Crippen MR) is 235 cm³/mol. The van der Waals surface area contributed by atoms with Crippen molar-refractivity contribution in [3.05, 3.63) is 83.4 Å². The van der Waals surface area contributed by atoms with Gasteiger partial charge in [-0.15, -0.1) is 0 Å². The summed E-state index contributed by atoms with van der Waals surface area (Å²) in [6, 6.07) is 9.16. The van der Waals surface area contributed by atoms with Gasteiger partial charge in [-0.25, -0.2) is 36.8 Å². The van der Waals surface area contributed by atoms with Crippen molar-refractivity contribution in [2.45, 2.75) is 65.5 Å². The largest absolute Gasteiger partial charge is 0.383 e. The lowest BCUT2D eigenvalue weighted by molar-refractivity contribution is -0.146. The van der Waals surface area contributed by atoms with Crippen LogP contribution in [0.4, 0.5) is 34.6 Å². The summed E-state index contributed by atoms with van der Waals surface area (Å²) in [7, 11) is -6.87. The molecule has 4 atom stereocenters. The minimum atomic E-state index is -3.44. The monoisotopic (exact) mass is 892 g/mol. The van der Waals surface area contributed by atoms with Gasteiger partial charge in [-0.3, -0.25) is 28.6 Å². The Balaban J connectivity index is 0.000000234. The summed E-state index contributed by atoms with van der Waals surface area (Å²) in [5.41, 5.74) is 15.0. The molecular weight excluding hydrogens is 841 g/mol. The van der Waals surface area contributed by atoms with Gasteiger partial charge >= 0.3 is 23.6 Å². The van der Waals surface area contributed by atoms with Crippen molar-refractivity contribution in [2.75, 3.05) is 57.1 Å². The van der Waals surface area contributed by atoms with E-state index in [-0.39, 0.29) is 35.6 Å². The molecule has 4 aromatic heterocycles. The molecule has 6 rings (SSSR count). The molecule has 2 aliphatic rings. The third-order valence-electron chi connectivity index (χ3n) is 10.2. The highest BCUT2D eigenvalue weighted by atomic mass is 32.2. The van der Waals surface area contributed by atoms with Crippen LogP contribution in [0.15, 0.2) is 61.2 Å². The Morgan fingerprint density at radius 2 is 0.968 bits per heavy atom. The number of hydrogen-bond donors (Lipinski definition) is 6. The van der Waals surface area contributed by atoms with Gasteiger partial charge in [-0.1, -0.05) is 26.0 Å². The highest BCUT2D eigenvalue weighted by molar-refractivity contribution is 7.92. The summed E-state index contributed by atoms with van der Waals surface area (Å²) in [4.78, 5) is 70.6. The van der Waals surface area contributed by atoms with Crippen molar-refractivity contribution in [3.63, 3.8) is 0 Å². The van der Waals surface area contributed by atoms with E-state index in [4.69, 9.17) is 11.5 Å². The van der Waals surface area contributed by atoms with E-state index in [0.717, 1.165) is 36.5 Å². The van der Waals surface area contributed by atoms with Crippen LogP contribution in [0.5, 0.6) is 0 Å². The molecule has 8 N–H and O–H groups in total. The number of carbonyl (C=O) groups is 4. The van der Waals surface area contributed by atoms with E-state index >= 15 is 0 Å². The molecule has 0 radical (unpaired) electrons. The lowest BCUT2D eigenvalue weighted by Crippen LogP contribution is -2.46. The fraction of sp³-hybridized carbons (Fsp3) is 0.400. The molecule has 0 aromatic carbocycles. The first-order chi connectivity index (χ1) is 29.1. The van der Waals surface area contributed by atoms with E-state index in [1.165, 1.54) is 24.8 Å². The highest BCUT2D eigenvalue weighted by Gasteiger charge is 2.36. The molecule has 2 aliphatic heterocycles. The van der Waals surface area contributed by atoms with Crippen LogP contribution >= 0.6 is 0 Å². The Morgan fingerprint density at radius 3 is 1.27 bits per heavy atom. The van der Waals surface area contributed by atoms with Gasteiger partial charge in [0.2, 0.25) is 20.0 Å². The van der Waals surface area contributed by atoms with Crippen LogP contribution < -0.4 is 31.5 Å². The van der Waals surface area contributed by atoms with Crippen LogP contribution in [-0.4, -0.2) is 95.8 Å². The molecule has 4 amide bonds. The number of nitrogens with zero attached hydrogens (tertiary/aromatic N) is 6. The van der Waals surface area contributed by atoms with Crippen molar-refractivity contribution >= 4 is 78.3 Å². The average Bonchev–Trinajstić information content (AvgIpc) is 3.20. The van der Waals surface area contributed by atoms with E-state index < -0.39 is 43.7 Å². The molecule has 6 heterocycles. The zero-order chi connectivity index (χ0) is 45.5. The molecule has 22 heteroatoms. The standard InChI is InChI=1S/2C20H26N6O4S/c2*1-12-4-6-16(14-5-7-17(22-9-14)25-31(3,29)30)26(11-12)20(28)19(27)24-15-8-13(2)18(21)23-10-15/h2*5,7-10,12,16H,4,6,11H2,1-3H3,(H2,21,23)(H,22,25)(H,24,27)/t2*12-,16+/m10/s1. The Bertz CT molecular complexity index is 2350. The van der Waals surface area contributed by atoms with Crippen molar-refractivity contribution in [3.8, 4) is 0 Å². The summed E-state index contributed by atoms with van der Waals surface area (Å²) in [5, 5.41) is 5.18. The molecule has 0 aliphatic carbocycles. The van der Waals surface area contributed by atoms with E-state index in [0.29, 0.717) is 60.1 Å². The zero-order valence-corrected chi connectivity index (χ0v) is 36.9. The summed E-state index contributed by atoms with van der Waals surface area (Å²) < 4.78 is 50.1. The second-order valence-corrected chi connectivity index (χ2v) is 19.3. The van der Waals surface area contributed by atoms with Gasteiger partial charge in [-0.05, 0) is 97.9 Å². The quantitative estimate of drug-likeness (QED) is 0.138. The Morgan fingerprint density at radius 1 is 0.597 bits per heavy atom.